The van der Waals surface area contributed by atoms with E-state index in [-0.39, 0.29) is 12.5 Å². The Morgan fingerprint density at radius 2 is 2.08 bits per heavy atom. The van der Waals surface area contributed by atoms with Gasteiger partial charge in [-0.3, -0.25) is 4.79 Å². The molecule has 2 N–H and O–H groups in total. The van der Waals surface area contributed by atoms with E-state index in [0.717, 1.165) is 5.82 Å². The number of anilines is 1. The van der Waals surface area contributed by atoms with E-state index in [2.05, 4.69) is 34.1 Å². The fourth-order valence-electron chi connectivity index (χ4n) is 3.21. The number of amides is 1. The monoisotopic (exact) mass is 358 g/mol. The minimum atomic E-state index is -0.951. The zero-order chi connectivity index (χ0) is 18.6. The molecule has 26 heavy (non-hydrogen) atoms. The van der Waals surface area contributed by atoms with Crippen LogP contribution in [0.2, 0.25) is 0 Å². The summed E-state index contributed by atoms with van der Waals surface area (Å²) in [6.07, 6.45) is 7.95. The van der Waals surface area contributed by atoms with Crippen LogP contribution >= 0.6 is 0 Å². The minimum Gasteiger partial charge on any atom is -0.386 e. The summed E-state index contributed by atoms with van der Waals surface area (Å²) in [4.78, 5) is 26.9. The number of carbonyl (C=O) groups excluding carboxylic acids is 1. The zero-order valence-corrected chi connectivity index (χ0v) is 15.3. The Morgan fingerprint density at radius 1 is 1.31 bits per heavy atom. The van der Waals surface area contributed by atoms with Gasteiger partial charge in [0.05, 0.1) is 6.54 Å². The maximum Gasteiger partial charge on any atom is 0.225 e. The summed E-state index contributed by atoms with van der Waals surface area (Å²) in [6.45, 7) is 6.06. The lowest BCUT2D eigenvalue weighted by atomic mass is 10.0. The zero-order valence-electron chi connectivity index (χ0n) is 15.3. The van der Waals surface area contributed by atoms with E-state index in [4.69, 9.17) is 0 Å². The van der Waals surface area contributed by atoms with Crippen molar-refractivity contribution in [2.24, 2.45) is 0 Å². The smallest absolute Gasteiger partial charge is 0.225 e. The topological polar surface area (TPSA) is 96.2 Å². The molecule has 0 aliphatic carbocycles. The number of aliphatic hydroxyl groups is 1. The lowest BCUT2D eigenvalue weighted by molar-refractivity contribution is -0.122. The number of rotatable bonds is 7. The molecule has 1 aliphatic rings. The van der Waals surface area contributed by atoms with Crippen LogP contribution in [0.25, 0.3) is 0 Å². The molecule has 1 amide bonds. The van der Waals surface area contributed by atoms with E-state index >= 15 is 0 Å². The highest BCUT2D eigenvalue weighted by molar-refractivity contribution is 5.75. The molecule has 8 heteroatoms. The van der Waals surface area contributed by atoms with Crippen molar-refractivity contribution in [1.29, 1.82) is 0 Å². The molecule has 0 saturated carbocycles. The van der Waals surface area contributed by atoms with Gasteiger partial charge in [-0.2, -0.15) is 0 Å². The Morgan fingerprint density at radius 3 is 2.81 bits per heavy atom. The summed E-state index contributed by atoms with van der Waals surface area (Å²) in [5.41, 5.74) is -0.951. The number of nitrogens with zero attached hydrogens (tertiary/aromatic N) is 5. The van der Waals surface area contributed by atoms with Gasteiger partial charge in [0.15, 0.2) is 0 Å². The van der Waals surface area contributed by atoms with Crippen molar-refractivity contribution in [2.45, 2.75) is 44.8 Å². The number of β-amino-alcohol motifs (C(OH)–C–C–N with tert-alkyl or cyclic N) is 1. The number of hydrogen-bond donors (Lipinski definition) is 2. The molecule has 1 aliphatic heterocycles. The van der Waals surface area contributed by atoms with Gasteiger partial charge in [-0.15, -0.1) is 0 Å². The van der Waals surface area contributed by atoms with Gasteiger partial charge in [0.2, 0.25) is 11.9 Å². The SMILES string of the molecule is CC(C)c1nccn1CCC(=O)NC[C@@]1(O)CCN(c2ncccn2)C1. The molecule has 0 radical (unpaired) electrons. The number of aromatic nitrogens is 4. The van der Waals surface area contributed by atoms with Crippen LogP contribution < -0.4 is 10.2 Å². The standard InChI is InChI=1S/C18H26N6O2/c1-14(2)16-19-8-11-23(16)9-4-15(25)22-12-18(26)5-10-24(13-18)17-20-6-3-7-21-17/h3,6-8,11,14,26H,4-5,9-10,12-13H2,1-2H3,(H,22,25)/t18-/m0/s1. The first-order valence-electron chi connectivity index (χ1n) is 8.99. The lowest BCUT2D eigenvalue weighted by Crippen LogP contribution is -2.45. The number of hydrogen-bond acceptors (Lipinski definition) is 6. The Bertz CT molecular complexity index is 732. The number of imidazole rings is 1. The fourth-order valence-corrected chi connectivity index (χ4v) is 3.21. The van der Waals surface area contributed by atoms with E-state index in [1.807, 2.05) is 15.7 Å². The third-order valence-corrected chi connectivity index (χ3v) is 4.63. The minimum absolute atomic E-state index is 0.0729. The number of nitrogens with one attached hydrogen (secondary N) is 1. The van der Waals surface area contributed by atoms with Crippen LogP contribution in [0.4, 0.5) is 5.95 Å². The van der Waals surface area contributed by atoms with Gasteiger partial charge in [-0.1, -0.05) is 13.8 Å². The lowest BCUT2D eigenvalue weighted by Gasteiger charge is -2.23. The van der Waals surface area contributed by atoms with Crippen molar-refractivity contribution in [3.63, 3.8) is 0 Å². The molecule has 2 aromatic rings. The van der Waals surface area contributed by atoms with Crippen molar-refractivity contribution in [3.8, 4) is 0 Å². The molecule has 2 aromatic heterocycles. The molecular formula is C18H26N6O2. The first kappa shape index (κ1) is 18.3. The van der Waals surface area contributed by atoms with Crippen LogP contribution in [-0.2, 0) is 11.3 Å². The predicted molar refractivity (Wildman–Crippen MR) is 97.8 cm³/mol. The molecule has 3 heterocycles. The van der Waals surface area contributed by atoms with Crippen molar-refractivity contribution >= 4 is 11.9 Å². The van der Waals surface area contributed by atoms with Crippen molar-refractivity contribution < 1.29 is 9.90 Å². The quantitative estimate of drug-likeness (QED) is 0.765. The van der Waals surface area contributed by atoms with Gasteiger partial charge in [0.1, 0.15) is 11.4 Å². The average molecular weight is 358 g/mol. The highest BCUT2D eigenvalue weighted by atomic mass is 16.3. The highest BCUT2D eigenvalue weighted by Gasteiger charge is 2.37. The fraction of sp³-hybridized carbons (Fsp3) is 0.556. The van der Waals surface area contributed by atoms with E-state index in [9.17, 15) is 9.90 Å². The van der Waals surface area contributed by atoms with E-state index in [1.165, 1.54) is 0 Å². The Labute approximate surface area is 153 Å². The first-order chi connectivity index (χ1) is 12.5. The van der Waals surface area contributed by atoms with Crippen LogP contribution in [0.15, 0.2) is 30.9 Å². The summed E-state index contributed by atoms with van der Waals surface area (Å²) >= 11 is 0. The van der Waals surface area contributed by atoms with Crippen molar-refractivity contribution in [2.75, 3.05) is 24.5 Å². The molecule has 8 nitrogen and oxygen atoms in total. The molecule has 0 spiro atoms. The molecule has 0 bridgehead atoms. The van der Waals surface area contributed by atoms with Crippen LogP contribution in [0.3, 0.4) is 0 Å². The van der Waals surface area contributed by atoms with Gasteiger partial charge < -0.3 is 19.9 Å². The second-order valence-electron chi connectivity index (χ2n) is 7.10. The molecule has 0 aromatic carbocycles. The van der Waals surface area contributed by atoms with Crippen molar-refractivity contribution in [3.05, 3.63) is 36.7 Å². The molecule has 1 atom stereocenters. The average Bonchev–Trinajstić information content (AvgIpc) is 3.26. The summed E-state index contributed by atoms with van der Waals surface area (Å²) < 4.78 is 2.00. The molecular weight excluding hydrogens is 332 g/mol. The summed E-state index contributed by atoms with van der Waals surface area (Å²) in [5.74, 6) is 1.83. The third kappa shape index (κ3) is 4.37. The predicted octanol–water partition coefficient (Wildman–Crippen LogP) is 0.944. The van der Waals surface area contributed by atoms with Crippen LogP contribution in [-0.4, -0.2) is 55.8 Å². The van der Waals surface area contributed by atoms with Gasteiger partial charge in [0, 0.05) is 56.8 Å². The summed E-state index contributed by atoms with van der Waals surface area (Å²) in [7, 11) is 0. The Balaban J connectivity index is 1.46. The number of carbonyl (C=O) groups is 1. The second-order valence-corrected chi connectivity index (χ2v) is 7.10. The molecule has 3 rings (SSSR count). The van der Waals surface area contributed by atoms with E-state index in [1.54, 1.807) is 24.7 Å². The van der Waals surface area contributed by atoms with Crippen LogP contribution in [0, 0.1) is 0 Å². The normalized spacial score (nSPS) is 19.9. The van der Waals surface area contributed by atoms with Crippen LogP contribution in [0.1, 0.15) is 38.4 Å². The second kappa shape index (κ2) is 7.82. The first-order valence-corrected chi connectivity index (χ1v) is 8.99. The maximum absolute atomic E-state index is 12.2. The Hall–Kier alpha value is -2.48. The highest BCUT2D eigenvalue weighted by Crippen LogP contribution is 2.23. The van der Waals surface area contributed by atoms with Gasteiger partial charge in [-0.25, -0.2) is 15.0 Å². The molecule has 1 saturated heterocycles. The summed E-state index contributed by atoms with van der Waals surface area (Å²) in [5, 5.41) is 13.6. The van der Waals surface area contributed by atoms with Crippen molar-refractivity contribution in [1.82, 2.24) is 24.8 Å². The number of aryl methyl sites for hydroxylation is 1. The third-order valence-electron chi connectivity index (χ3n) is 4.63. The Kier molecular flexibility index (Phi) is 5.51. The molecule has 0 unspecified atom stereocenters. The van der Waals surface area contributed by atoms with Gasteiger partial charge >= 0.3 is 0 Å². The summed E-state index contributed by atoms with van der Waals surface area (Å²) in [6, 6.07) is 1.76. The van der Waals surface area contributed by atoms with E-state index < -0.39 is 5.60 Å². The van der Waals surface area contributed by atoms with Gasteiger partial charge in [-0.05, 0) is 12.5 Å². The maximum atomic E-state index is 12.2. The molecule has 1 fully saturated rings. The molecule has 140 valence electrons. The van der Waals surface area contributed by atoms with E-state index in [0.29, 0.717) is 44.3 Å². The largest absolute Gasteiger partial charge is 0.386 e. The van der Waals surface area contributed by atoms with Gasteiger partial charge in [0.25, 0.3) is 0 Å². The van der Waals surface area contributed by atoms with Crippen LogP contribution in [0.5, 0.6) is 0 Å².